The Morgan fingerprint density at radius 1 is 1.00 bits per heavy atom. The van der Waals surface area contributed by atoms with Gasteiger partial charge in [-0.25, -0.2) is 0 Å². The molecule has 0 unspecified atom stereocenters. The van der Waals surface area contributed by atoms with Crippen LogP contribution in [0.2, 0.25) is 0 Å². The standard InChI is InChI=1S/C24H36N4O2/c29-23-11-17-27(18-12-25-23)24(30)21-7-4-13-28(19-21)22-9-15-26(16-10-22)14-8-20-5-2-1-3-6-20/h1-3,5-6,21-22H,4,7-19H2,(H,25,29)/t21-/m0/s1. The van der Waals surface area contributed by atoms with Gasteiger partial charge in [-0.3, -0.25) is 14.5 Å². The molecule has 3 aliphatic heterocycles. The fourth-order valence-electron chi connectivity index (χ4n) is 5.23. The second-order valence-electron chi connectivity index (χ2n) is 9.07. The van der Waals surface area contributed by atoms with Crippen molar-refractivity contribution in [1.29, 1.82) is 0 Å². The number of hydrogen-bond donors (Lipinski definition) is 1. The summed E-state index contributed by atoms with van der Waals surface area (Å²) in [5.41, 5.74) is 1.42. The maximum atomic E-state index is 13.1. The lowest BCUT2D eigenvalue weighted by atomic mass is 9.92. The highest BCUT2D eigenvalue weighted by Crippen LogP contribution is 2.25. The first-order valence-electron chi connectivity index (χ1n) is 11.7. The summed E-state index contributed by atoms with van der Waals surface area (Å²) in [6.07, 6.45) is 6.07. The first kappa shape index (κ1) is 21.3. The number of benzene rings is 1. The van der Waals surface area contributed by atoms with Crippen LogP contribution in [0.5, 0.6) is 0 Å². The highest BCUT2D eigenvalue weighted by Gasteiger charge is 2.33. The summed E-state index contributed by atoms with van der Waals surface area (Å²) in [5.74, 6) is 0.425. The molecule has 0 radical (unpaired) electrons. The van der Waals surface area contributed by atoms with Gasteiger partial charge in [0.15, 0.2) is 0 Å². The highest BCUT2D eigenvalue weighted by atomic mass is 16.2. The van der Waals surface area contributed by atoms with Gasteiger partial charge >= 0.3 is 0 Å². The van der Waals surface area contributed by atoms with E-state index in [0.717, 1.165) is 52.0 Å². The third kappa shape index (κ3) is 5.61. The van der Waals surface area contributed by atoms with E-state index in [4.69, 9.17) is 0 Å². The van der Waals surface area contributed by atoms with Gasteiger partial charge in [0.05, 0.1) is 5.92 Å². The monoisotopic (exact) mass is 412 g/mol. The summed E-state index contributed by atoms with van der Waals surface area (Å²) >= 11 is 0. The van der Waals surface area contributed by atoms with E-state index in [1.165, 1.54) is 18.4 Å². The Hall–Kier alpha value is -1.92. The van der Waals surface area contributed by atoms with Crippen molar-refractivity contribution in [3.05, 3.63) is 35.9 Å². The molecular formula is C24H36N4O2. The molecule has 4 rings (SSSR count). The molecule has 0 aliphatic carbocycles. The second kappa shape index (κ2) is 10.4. The lowest BCUT2D eigenvalue weighted by molar-refractivity contribution is -0.137. The molecule has 3 aliphatic rings. The minimum absolute atomic E-state index is 0.0644. The molecule has 0 bridgehead atoms. The van der Waals surface area contributed by atoms with Crippen molar-refractivity contribution < 1.29 is 9.59 Å². The van der Waals surface area contributed by atoms with Gasteiger partial charge < -0.3 is 15.1 Å². The van der Waals surface area contributed by atoms with Gasteiger partial charge in [-0.1, -0.05) is 30.3 Å². The molecule has 6 nitrogen and oxygen atoms in total. The Balaban J connectivity index is 1.23. The molecule has 1 N–H and O–H groups in total. The third-order valence-corrected chi connectivity index (χ3v) is 7.06. The van der Waals surface area contributed by atoms with E-state index in [1.54, 1.807) is 0 Å². The van der Waals surface area contributed by atoms with E-state index >= 15 is 0 Å². The van der Waals surface area contributed by atoms with Gasteiger partial charge in [0.2, 0.25) is 11.8 Å². The van der Waals surface area contributed by atoms with Crippen LogP contribution in [0.25, 0.3) is 0 Å². The van der Waals surface area contributed by atoms with E-state index in [1.807, 2.05) is 4.90 Å². The number of amides is 2. The fraction of sp³-hybridized carbons (Fsp3) is 0.667. The Morgan fingerprint density at radius 2 is 1.80 bits per heavy atom. The van der Waals surface area contributed by atoms with Crippen LogP contribution in [-0.4, -0.2) is 84.9 Å². The van der Waals surface area contributed by atoms with Crippen molar-refractivity contribution in [2.24, 2.45) is 5.92 Å². The van der Waals surface area contributed by atoms with Crippen molar-refractivity contribution in [2.45, 2.75) is 44.6 Å². The SMILES string of the molecule is O=C1CCN(C(=O)[C@H]2CCCN(C3CCN(CCc4ccccc4)CC3)C2)CCN1. The molecule has 3 heterocycles. The topological polar surface area (TPSA) is 55.9 Å². The molecule has 2 amide bonds. The van der Waals surface area contributed by atoms with Crippen LogP contribution in [0.1, 0.15) is 37.7 Å². The lowest BCUT2D eigenvalue weighted by Crippen LogP contribution is -2.51. The van der Waals surface area contributed by atoms with Gasteiger partial charge in [0.1, 0.15) is 0 Å². The zero-order chi connectivity index (χ0) is 20.8. The number of hydrogen-bond acceptors (Lipinski definition) is 4. The van der Waals surface area contributed by atoms with Crippen LogP contribution in [0.15, 0.2) is 30.3 Å². The number of nitrogens with one attached hydrogen (secondary N) is 1. The van der Waals surface area contributed by atoms with E-state index in [2.05, 4.69) is 45.4 Å². The Morgan fingerprint density at radius 3 is 2.60 bits per heavy atom. The summed E-state index contributed by atoms with van der Waals surface area (Å²) in [7, 11) is 0. The number of piperidine rings is 2. The maximum Gasteiger partial charge on any atom is 0.227 e. The molecule has 0 spiro atoms. The van der Waals surface area contributed by atoms with Gasteiger partial charge in [-0.15, -0.1) is 0 Å². The van der Waals surface area contributed by atoms with Crippen LogP contribution >= 0.6 is 0 Å². The van der Waals surface area contributed by atoms with Crippen molar-refractivity contribution in [3.63, 3.8) is 0 Å². The van der Waals surface area contributed by atoms with Gasteiger partial charge in [0.25, 0.3) is 0 Å². The van der Waals surface area contributed by atoms with E-state index < -0.39 is 0 Å². The van der Waals surface area contributed by atoms with Crippen LogP contribution in [0, 0.1) is 5.92 Å². The predicted octanol–water partition coefficient (Wildman–Crippen LogP) is 1.75. The van der Waals surface area contributed by atoms with E-state index in [-0.39, 0.29) is 17.7 Å². The van der Waals surface area contributed by atoms with Gasteiger partial charge in [-0.2, -0.15) is 0 Å². The second-order valence-corrected chi connectivity index (χ2v) is 9.07. The molecule has 3 saturated heterocycles. The van der Waals surface area contributed by atoms with Crippen LogP contribution < -0.4 is 5.32 Å². The molecule has 1 aromatic rings. The predicted molar refractivity (Wildman–Crippen MR) is 118 cm³/mol. The Labute approximate surface area is 180 Å². The van der Waals surface area contributed by atoms with Crippen LogP contribution in [-0.2, 0) is 16.0 Å². The molecule has 1 aromatic carbocycles. The molecule has 0 saturated carbocycles. The quantitative estimate of drug-likeness (QED) is 0.801. The molecule has 0 aromatic heterocycles. The van der Waals surface area contributed by atoms with E-state index in [0.29, 0.717) is 32.1 Å². The smallest absolute Gasteiger partial charge is 0.227 e. The maximum absolute atomic E-state index is 13.1. The minimum atomic E-state index is 0.0644. The third-order valence-electron chi connectivity index (χ3n) is 7.06. The first-order valence-corrected chi connectivity index (χ1v) is 11.7. The summed E-state index contributed by atoms with van der Waals surface area (Å²) in [6.45, 7) is 7.28. The molecule has 164 valence electrons. The molecular weight excluding hydrogens is 376 g/mol. The summed E-state index contributed by atoms with van der Waals surface area (Å²) < 4.78 is 0. The lowest BCUT2D eigenvalue weighted by Gasteiger charge is -2.42. The van der Waals surface area contributed by atoms with Crippen molar-refractivity contribution >= 4 is 11.8 Å². The summed E-state index contributed by atoms with van der Waals surface area (Å²) in [6, 6.07) is 11.4. The highest BCUT2D eigenvalue weighted by molar-refractivity contribution is 5.81. The summed E-state index contributed by atoms with van der Waals surface area (Å²) in [4.78, 5) is 31.7. The average molecular weight is 413 g/mol. The molecule has 6 heteroatoms. The van der Waals surface area contributed by atoms with Crippen LogP contribution in [0.3, 0.4) is 0 Å². The van der Waals surface area contributed by atoms with Gasteiger partial charge in [0, 0.05) is 45.2 Å². The summed E-state index contributed by atoms with van der Waals surface area (Å²) in [5, 5.41) is 2.87. The Kier molecular flexibility index (Phi) is 7.39. The minimum Gasteiger partial charge on any atom is -0.354 e. The zero-order valence-corrected chi connectivity index (χ0v) is 18.1. The normalized spacial score (nSPS) is 25.0. The molecule has 1 atom stereocenters. The molecule has 30 heavy (non-hydrogen) atoms. The fourth-order valence-corrected chi connectivity index (χ4v) is 5.23. The van der Waals surface area contributed by atoms with Crippen LogP contribution in [0.4, 0.5) is 0 Å². The number of nitrogens with zero attached hydrogens (tertiary/aromatic N) is 3. The molecule has 3 fully saturated rings. The number of carbonyl (C=O) groups is 2. The van der Waals surface area contributed by atoms with Crippen molar-refractivity contribution in [1.82, 2.24) is 20.0 Å². The largest absolute Gasteiger partial charge is 0.354 e. The average Bonchev–Trinajstić information content (AvgIpc) is 3.03. The van der Waals surface area contributed by atoms with Crippen molar-refractivity contribution in [2.75, 3.05) is 52.4 Å². The number of rotatable bonds is 5. The number of carbonyl (C=O) groups excluding carboxylic acids is 2. The van der Waals surface area contributed by atoms with Crippen molar-refractivity contribution in [3.8, 4) is 0 Å². The first-order chi connectivity index (χ1) is 14.7. The Bertz CT molecular complexity index is 702. The van der Waals surface area contributed by atoms with Gasteiger partial charge in [-0.05, 0) is 57.3 Å². The van der Waals surface area contributed by atoms with E-state index in [9.17, 15) is 9.59 Å². The number of likely N-dealkylation sites (tertiary alicyclic amines) is 2. The zero-order valence-electron chi connectivity index (χ0n) is 18.1.